The first-order chi connectivity index (χ1) is 8.54. The number of nitrogens with one attached hydrogen (secondary N) is 1. The van der Waals surface area contributed by atoms with E-state index in [2.05, 4.69) is 62.1 Å². The fourth-order valence-electron chi connectivity index (χ4n) is 2.48. The maximum atomic E-state index is 5.42. The molecule has 6 nitrogen and oxygen atoms in total. The molecule has 1 aliphatic heterocycles. The van der Waals surface area contributed by atoms with Gasteiger partial charge in [-0.1, -0.05) is 6.92 Å². The Kier molecular flexibility index (Phi) is 4.04. The molecule has 0 radical (unpaired) electrons. The summed E-state index contributed by atoms with van der Waals surface area (Å²) in [6.07, 6.45) is 1.53. The number of hydrazine groups is 1. The highest BCUT2D eigenvalue weighted by atomic mass is 79.9. The van der Waals surface area contributed by atoms with Gasteiger partial charge in [0.1, 0.15) is 16.6 Å². The molecule has 1 aromatic rings. The van der Waals surface area contributed by atoms with Gasteiger partial charge in [-0.2, -0.15) is 0 Å². The van der Waals surface area contributed by atoms with E-state index < -0.39 is 0 Å². The lowest BCUT2D eigenvalue weighted by Gasteiger charge is -2.23. The third-order valence-corrected chi connectivity index (χ3v) is 4.17. The first kappa shape index (κ1) is 13.5. The third-order valence-electron chi connectivity index (χ3n) is 3.44. The molecule has 0 bridgehead atoms. The maximum absolute atomic E-state index is 5.42. The molecule has 3 N–H and O–H groups in total. The van der Waals surface area contributed by atoms with E-state index in [9.17, 15) is 0 Å². The summed E-state index contributed by atoms with van der Waals surface area (Å²) in [5, 5.41) is 0. The summed E-state index contributed by atoms with van der Waals surface area (Å²) in [5.41, 5.74) is 2.57. The van der Waals surface area contributed by atoms with Crippen molar-refractivity contribution >= 4 is 27.6 Å². The number of aromatic nitrogens is 2. The van der Waals surface area contributed by atoms with Gasteiger partial charge in [-0.05, 0) is 35.9 Å². The second kappa shape index (κ2) is 5.38. The molecule has 0 aromatic carbocycles. The fraction of sp³-hybridized carbons (Fsp3) is 0.636. The van der Waals surface area contributed by atoms with Crippen LogP contribution < -0.4 is 16.2 Å². The number of hydrogen-bond donors (Lipinski definition) is 2. The molecule has 2 heterocycles. The van der Waals surface area contributed by atoms with Gasteiger partial charge in [-0.15, -0.1) is 0 Å². The molecule has 2 atom stereocenters. The van der Waals surface area contributed by atoms with Crippen LogP contribution in [0.3, 0.4) is 0 Å². The first-order valence-electron chi connectivity index (χ1n) is 5.93. The first-order valence-corrected chi connectivity index (χ1v) is 6.72. The molecule has 1 saturated heterocycles. The lowest BCUT2D eigenvalue weighted by molar-refractivity contribution is 0.266. The quantitative estimate of drug-likeness (QED) is 0.638. The topological polar surface area (TPSA) is 70.3 Å². The Morgan fingerprint density at radius 1 is 1.44 bits per heavy atom. The smallest absolute Gasteiger partial charge is 0.159 e. The molecule has 100 valence electrons. The zero-order valence-corrected chi connectivity index (χ0v) is 12.5. The average molecular weight is 315 g/mol. The van der Waals surface area contributed by atoms with Crippen LogP contribution in [0.25, 0.3) is 0 Å². The number of halogens is 1. The summed E-state index contributed by atoms with van der Waals surface area (Å²) >= 11 is 3.51. The monoisotopic (exact) mass is 314 g/mol. The molecular weight excluding hydrogens is 296 g/mol. The van der Waals surface area contributed by atoms with Crippen LogP contribution in [0.2, 0.25) is 0 Å². The molecule has 2 rings (SSSR count). The lowest BCUT2D eigenvalue weighted by atomic mass is 10.1. The Morgan fingerprint density at radius 2 is 2.17 bits per heavy atom. The number of likely N-dealkylation sites (N-methyl/N-ethyl adjacent to an activating group) is 1. The van der Waals surface area contributed by atoms with E-state index in [0.717, 1.165) is 23.4 Å². The molecule has 0 amide bonds. The highest BCUT2D eigenvalue weighted by Gasteiger charge is 2.32. The summed E-state index contributed by atoms with van der Waals surface area (Å²) in [4.78, 5) is 13.0. The SMILES string of the molecule is CC1CN(c2ncnc(NN)c2Br)CC1N(C)C. The second-order valence-electron chi connectivity index (χ2n) is 4.92. The standard InChI is InChI=1S/C11H19BrN6/c1-7-4-18(5-8(7)17(2)3)11-9(12)10(16-13)14-6-15-11/h6-8H,4-5,13H2,1-3H3,(H,14,15,16). The normalized spacial score (nSPS) is 23.8. The molecule has 7 heteroatoms. The van der Waals surface area contributed by atoms with Crippen LogP contribution in [0.1, 0.15) is 6.92 Å². The molecular formula is C11H19BrN6. The van der Waals surface area contributed by atoms with Crippen molar-refractivity contribution in [3.8, 4) is 0 Å². The van der Waals surface area contributed by atoms with Crippen LogP contribution >= 0.6 is 15.9 Å². The summed E-state index contributed by atoms with van der Waals surface area (Å²) in [5.74, 6) is 7.54. The van der Waals surface area contributed by atoms with E-state index in [4.69, 9.17) is 5.84 Å². The predicted molar refractivity (Wildman–Crippen MR) is 76.4 cm³/mol. The van der Waals surface area contributed by atoms with E-state index in [-0.39, 0.29) is 0 Å². The van der Waals surface area contributed by atoms with Crippen molar-refractivity contribution < 1.29 is 0 Å². The summed E-state index contributed by atoms with van der Waals surface area (Å²) in [7, 11) is 4.24. The third kappa shape index (κ3) is 2.43. The fourth-order valence-corrected chi connectivity index (χ4v) is 3.05. The molecule has 0 aliphatic carbocycles. The van der Waals surface area contributed by atoms with Crippen molar-refractivity contribution in [1.29, 1.82) is 0 Å². The summed E-state index contributed by atoms with van der Waals surface area (Å²) < 4.78 is 0.819. The Morgan fingerprint density at radius 3 is 2.72 bits per heavy atom. The van der Waals surface area contributed by atoms with Crippen molar-refractivity contribution in [2.75, 3.05) is 37.5 Å². The van der Waals surface area contributed by atoms with Gasteiger partial charge in [0.2, 0.25) is 0 Å². The Labute approximate surface area is 116 Å². The van der Waals surface area contributed by atoms with Crippen LogP contribution in [0.4, 0.5) is 11.6 Å². The van der Waals surface area contributed by atoms with Crippen molar-refractivity contribution in [3.63, 3.8) is 0 Å². The highest BCUT2D eigenvalue weighted by molar-refractivity contribution is 9.10. The maximum Gasteiger partial charge on any atom is 0.159 e. The minimum absolute atomic E-state index is 0.543. The van der Waals surface area contributed by atoms with Gasteiger partial charge in [0.25, 0.3) is 0 Å². The number of rotatable bonds is 3. The van der Waals surface area contributed by atoms with Crippen LogP contribution in [0.5, 0.6) is 0 Å². The van der Waals surface area contributed by atoms with Crippen molar-refractivity contribution in [2.24, 2.45) is 11.8 Å². The van der Waals surface area contributed by atoms with E-state index in [1.165, 1.54) is 6.33 Å². The van der Waals surface area contributed by atoms with E-state index >= 15 is 0 Å². The molecule has 2 unspecified atom stereocenters. The average Bonchev–Trinajstić information content (AvgIpc) is 2.71. The number of anilines is 2. The zero-order valence-electron chi connectivity index (χ0n) is 10.9. The number of nitrogens with zero attached hydrogens (tertiary/aromatic N) is 4. The number of nitrogens with two attached hydrogens (primary N) is 1. The van der Waals surface area contributed by atoms with Crippen LogP contribution in [-0.4, -0.2) is 48.1 Å². The summed E-state index contributed by atoms with van der Waals surface area (Å²) in [6.45, 7) is 4.22. The van der Waals surface area contributed by atoms with Crippen molar-refractivity contribution in [1.82, 2.24) is 14.9 Å². The van der Waals surface area contributed by atoms with Crippen LogP contribution in [0.15, 0.2) is 10.8 Å². The lowest BCUT2D eigenvalue weighted by Crippen LogP contribution is -2.34. The van der Waals surface area contributed by atoms with Crippen LogP contribution in [0, 0.1) is 5.92 Å². The zero-order chi connectivity index (χ0) is 13.3. The number of nitrogen functional groups attached to an aromatic ring is 1. The van der Waals surface area contributed by atoms with Crippen molar-refractivity contribution in [3.05, 3.63) is 10.8 Å². The van der Waals surface area contributed by atoms with Gasteiger partial charge in [0, 0.05) is 19.1 Å². The largest absolute Gasteiger partial charge is 0.354 e. The summed E-state index contributed by atoms with van der Waals surface area (Å²) in [6, 6.07) is 0.543. The molecule has 1 aliphatic rings. The van der Waals surface area contributed by atoms with Gasteiger partial charge in [-0.3, -0.25) is 0 Å². The molecule has 0 saturated carbocycles. The molecule has 0 spiro atoms. The second-order valence-corrected chi connectivity index (χ2v) is 5.71. The van der Waals surface area contributed by atoms with E-state index in [1.54, 1.807) is 0 Å². The molecule has 1 fully saturated rings. The van der Waals surface area contributed by atoms with E-state index in [1.807, 2.05) is 0 Å². The minimum Gasteiger partial charge on any atom is -0.354 e. The Balaban J connectivity index is 2.24. The van der Waals surface area contributed by atoms with Gasteiger partial charge in [-0.25, -0.2) is 15.8 Å². The Hall–Kier alpha value is -0.920. The predicted octanol–water partition coefficient (Wildman–Crippen LogP) is 0.911. The van der Waals surface area contributed by atoms with Crippen LogP contribution in [-0.2, 0) is 0 Å². The van der Waals surface area contributed by atoms with Crippen molar-refractivity contribution in [2.45, 2.75) is 13.0 Å². The van der Waals surface area contributed by atoms with E-state index in [0.29, 0.717) is 17.8 Å². The van der Waals surface area contributed by atoms with Gasteiger partial charge in [0.05, 0.1) is 0 Å². The van der Waals surface area contributed by atoms with Gasteiger partial charge >= 0.3 is 0 Å². The molecule has 18 heavy (non-hydrogen) atoms. The minimum atomic E-state index is 0.543. The number of hydrogen-bond acceptors (Lipinski definition) is 6. The molecule has 1 aromatic heterocycles. The highest BCUT2D eigenvalue weighted by Crippen LogP contribution is 2.32. The Bertz CT molecular complexity index is 424. The van der Waals surface area contributed by atoms with Gasteiger partial charge in [0.15, 0.2) is 5.82 Å². The van der Waals surface area contributed by atoms with Gasteiger partial charge < -0.3 is 15.2 Å².